The minimum Gasteiger partial charge on any atom is -0.341 e. The number of likely N-dealkylation sites (tertiary alicyclic amines) is 1. The van der Waals surface area contributed by atoms with Crippen molar-refractivity contribution in [2.75, 3.05) is 32.7 Å². The Morgan fingerprint density at radius 1 is 1.43 bits per heavy atom. The molecule has 0 spiro atoms. The topological polar surface area (TPSA) is 49.6 Å². The molecule has 1 aromatic heterocycles. The first-order valence-electron chi connectivity index (χ1n) is 7.95. The standard InChI is InChI=1S/C16H27N3OS/c1-3-18(4-2)12-13-7-9-19(10-8-13)16(20)15(17)14-6-5-11-21-14/h5-6,11,13,15H,3-4,7-10,12,17H2,1-2H3. The third-order valence-electron chi connectivity index (χ3n) is 4.45. The molecule has 21 heavy (non-hydrogen) atoms. The molecule has 2 rings (SSSR count). The van der Waals surface area contributed by atoms with Crippen molar-refractivity contribution in [2.45, 2.75) is 32.7 Å². The van der Waals surface area contributed by atoms with E-state index in [0.717, 1.165) is 50.4 Å². The van der Waals surface area contributed by atoms with Gasteiger partial charge in [-0.15, -0.1) is 11.3 Å². The zero-order valence-electron chi connectivity index (χ0n) is 13.1. The highest BCUT2D eigenvalue weighted by Gasteiger charge is 2.27. The molecule has 5 heteroatoms. The third kappa shape index (κ3) is 4.28. The van der Waals surface area contributed by atoms with Crippen LogP contribution < -0.4 is 5.73 Å². The Kier molecular flexibility index (Phi) is 6.21. The number of hydrogen-bond donors (Lipinski definition) is 1. The molecular weight excluding hydrogens is 282 g/mol. The maximum atomic E-state index is 12.4. The van der Waals surface area contributed by atoms with Crippen LogP contribution in [0.4, 0.5) is 0 Å². The fourth-order valence-corrected chi connectivity index (χ4v) is 3.69. The lowest BCUT2D eigenvalue weighted by Gasteiger charge is -2.35. The highest BCUT2D eigenvalue weighted by molar-refractivity contribution is 7.10. The minimum atomic E-state index is -0.482. The van der Waals surface area contributed by atoms with Crippen LogP contribution in [0.25, 0.3) is 0 Å². The molecule has 1 saturated heterocycles. The van der Waals surface area contributed by atoms with E-state index >= 15 is 0 Å². The maximum absolute atomic E-state index is 12.4. The predicted octanol–water partition coefficient (Wildman–Crippen LogP) is 2.33. The molecule has 1 amide bonds. The van der Waals surface area contributed by atoms with Gasteiger partial charge in [0.25, 0.3) is 0 Å². The number of thiophene rings is 1. The van der Waals surface area contributed by atoms with Crippen molar-refractivity contribution in [2.24, 2.45) is 11.7 Å². The minimum absolute atomic E-state index is 0.0822. The van der Waals surface area contributed by atoms with Gasteiger partial charge in [0.05, 0.1) is 0 Å². The van der Waals surface area contributed by atoms with Gasteiger partial charge in [0.1, 0.15) is 6.04 Å². The van der Waals surface area contributed by atoms with Crippen molar-refractivity contribution in [1.29, 1.82) is 0 Å². The van der Waals surface area contributed by atoms with Gasteiger partial charge in [0, 0.05) is 24.5 Å². The lowest BCUT2D eigenvalue weighted by Crippen LogP contribution is -2.44. The van der Waals surface area contributed by atoms with Crippen LogP contribution in [0.5, 0.6) is 0 Å². The zero-order chi connectivity index (χ0) is 15.2. The number of nitrogens with zero attached hydrogens (tertiary/aromatic N) is 2. The molecule has 2 N–H and O–H groups in total. The first kappa shape index (κ1) is 16.5. The van der Waals surface area contributed by atoms with E-state index in [9.17, 15) is 4.79 Å². The van der Waals surface area contributed by atoms with Gasteiger partial charge in [0.15, 0.2) is 0 Å². The average molecular weight is 309 g/mol. The lowest BCUT2D eigenvalue weighted by molar-refractivity contribution is -0.134. The molecule has 1 unspecified atom stereocenters. The zero-order valence-corrected chi connectivity index (χ0v) is 13.9. The van der Waals surface area contributed by atoms with Crippen LogP contribution in [0.2, 0.25) is 0 Å². The fraction of sp³-hybridized carbons (Fsp3) is 0.688. The van der Waals surface area contributed by atoms with E-state index in [1.807, 2.05) is 22.4 Å². The van der Waals surface area contributed by atoms with Gasteiger partial charge in [-0.25, -0.2) is 0 Å². The van der Waals surface area contributed by atoms with Crippen molar-refractivity contribution < 1.29 is 4.79 Å². The lowest BCUT2D eigenvalue weighted by atomic mass is 9.95. The number of carbonyl (C=O) groups is 1. The number of piperidine rings is 1. The maximum Gasteiger partial charge on any atom is 0.244 e. The second-order valence-corrected chi connectivity index (χ2v) is 6.73. The quantitative estimate of drug-likeness (QED) is 0.877. The Hall–Kier alpha value is -0.910. The highest BCUT2D eigenvalue weighted by Crippen LogP contribution is 2.23. The van der Waals surface area contributed by atoms with E-state index in [4.69, 9.17) is 5.73 Å². The van der Waals surface area contributed by atoms with Gasteiger partial charge in [0.2, 0.25) is 5.91 Å². The second-order valence-electron chi connectivity index (χ2n) is 5.75. The summed E-state index contributed by atoms with van der Waals surface area (Å²) in [7, 11) is 0. The summed E-state index contributed by atoms with van der Waals surface area (Å²) < 4.78 is 0. The summed E-state index contributed by atoms with van der Waals surface area (Å²) in [5, 5.41) is 1.97. The van der Waals surface area contributed by atoms with E-state index in [2.05, 4.69) is 18.7 Å². The number of amides is 1. The van der Waals surface area contributed by atoms with E-state index in [0.29, 0.717) is 5.92 Å². The summed E-state index contributed by atoms with van der Waals surface area (Å²) >= 11 is 1.56. The van der Waals surface area contributed by atoms with Gasteiger partial charge in [-0.3, -0.25) is 4.79 Å². The van der Waals surface area contributed by atoms with Crippen LogP contribution in [0.15, 0.2) is 17.5 Å². The molecule has 1 fully saturated rings. The fourth-order valence-electron chi connectivity index (χ4n) is 2.97. The van der Waals surface area contributed by atoms with E-state index in [1.54, 1.807) is 11.3 Å². The molecule has 0 bridgehead atoms. The monoisotopic (exact) mass is 309 g/mol. The summed E-state index contributed by atoms with van der Waals surface area (Å²) in [5.74, 6) is 0.797. The molecule has 1 aliphatic heterocycles. The molecule has 1 aromatic rings. The summed E-state index contributed by atoms with van der Waals surface area (Å²) in [5.41, 5.74) is 6.08. The van der Waals surface area contributed by atoms with Crippen molar-refractivity contribution in [3.63, 3.8) is 0 Å². The van der Waals surface area contributed by atoms with E-state index in [1.165, 1.54) is 0 Å². The van der Waals surface area contributed by atoms with Crippen molar-refractivity contribution in [3.05, 3.63) is 22.4 Å². The summed E-state index contributed by atoms with van der Waals surface area (Å²) in [4.78, 5) is 17.8. The van der Waals surface area contributed by atoms with Crippen LogP contribution >= 0.6 is 11.3 Å². The van der Waals surface area contributed by atoms with Crippen LogP contribution in [0.1, 0.15) is 37.6 Å². The van der Waals surface area contributed by atoms with E-state index in [-0.39, 0.29) is 5.91 Å². The molecule has 118 valence electrons. The van der Waals surface area contributed by atoms with Gasteiger partial charge in [-0.1, -0.05) is 19.9 Å². The molecule has 2 heterocycles. The van der Waals surface area contributed by atoms with Crippen LogP contribution in [0.3, 0.4) is 0 Å². The van der Waals surface area contributed by atoms with Crippen molar-refractivity contribution in [3.8, 4) is 0 Å². The normalized spacial score (nSPS) is 18.2. The summed E-state index contributed by atoms with van der Waals surface area (Å²) in [6, 6.07) is 3.41. The summed E-state index contributed by atoms with van der Waals surface area (Å²) in [6.45, 7) is 9.50. The molecule has 0 aliphatic carbocycles. The first-order chi connectivity index (χ1) is 10.2. The van der Waals surface area contributed by atoms with Crippen LogP contribution in [-0.4, -0.2) is 48.4 Å². The molecule has 1 aliphatic rings. The largest absolute Gasteiger partial charge is 0.341 e. The van der Waals surface area contributed by atoms with Crippen LogP contribution in [0, 0.1) is 5.92 Å². The number of carbonyl (C=O) groups excluding carboxylic acids is 1. The SMILES string of the molecule is CCN(CC)CC1CCN(C(=O)C(N)c2cccs2)CC1. The van der Waals surface area contributed by atoms with E-state index < -0.39 is 6.04 Å². The Morgan fingerprint density at radius 3 is 2.62 bits per heavy atom. The smallest absolute Gasteiger partial charge is 0.244 e. The van der Waals surface area contributed by atoms with Crippen LogP contribution in [-0.2, 0) is 4.79 Å². The number of rotatable bonds is 6. The summed E-state index contributed by atoms with van der Waals surface area (Å²) in [6.07, 6.45) is 2.19. The van der Waals surface area contributed by atoms with Gasteiger partial charge >= 0.3 is 0 Å². The molecule has 0 saturated carbocycles. The first-order valence-corrected chi connectivity index (χ1v) is 8.83. The Morgan fingerprint density at radius 2 is 2.10 bits per heavy atom. The third-order valence-corrected chi connectivity index (χ3v) is 5.41. The molecular formula is C16H27N3OS. The van der Waals surface area contributed by atoms with Crippen molar-refractivity contribution in [1.82, 2.24) is 9.80 Å². The Labute approximate surface area is 131 Å². The predicted molar refractivity (Wildman–Crippen MR) is 88.3 cm³/mol. The molecule has 1 atom stereocenters. The Balaban J connectivity index is 1.82. The van der Waals surface area contributed by atoms with Gasteiger partial charge in [-0.2, -0.15) is 0 Å². The number of hydrogen-bond acceptors (Lipinski definition) is 4. The van der Waals surface area contributed by atoms with Gasteiger partial charge in [-0.05, 0) is 43.3 Å². The molecule has 4 nitrogen and oxygen atoms in total. The second kappa shape index (κ2) is 7.92. The Bertz CT molecular complexity index is 423. The average Bonchev–Trinajstić information content (AvgIpc) is 3.06. The molecule has 0 radical (unpaired) electrons. The highest BCUT2D eigenvalue weighted by atomic mass is 32.1. The number of nitrogens with two attached hydrogens (primary N) is 1. The van der Waals surface area contributed by atoms with Crippen molar-refractivity contribution >= 4 is 17.2 Å². The van der Waals surface area contributed by atoms with Gasteiger partial charge < -0.3 is 15.5 Å². The molecule has 0 aromatic carbocycles.